The van der Waals surface area contributed by atoms with Crippen LogP contribution in [0.1, 0.15) is 18.4 Å². The topological polar surface area (TPSA) is 79.0 Å². The molecule has 5 nitrogen and oxygen atoms in total. The molecule has 0 atom stereocenters. The summed E-state index contributed by atoms with van der Waals surface area (Å²) in [4.78, 5) is 10.1. The highest BCUT2D eigenvalue weighted by atomic mass is 16.6. The van der Waals surface area contributed by atoms with E-state index in [1.807, 2.05) is 0 Å². The lowest BCUT2D eigenvalue weighted by molar-refractivity contribution is -0.384. The fraction of sp³-hybridized carbons (Fsp3) is 0.300. The van der Waals surface area contributed by atoms with Crippen LogP contribution in [-0.2, 0) is 0 Å². The first-order valence-electron chi connectivity index (χ1n) is 4.76. The van der Waals surface area contributed by atoms with Crippen LogP contribution in [-0.4, -0.2) is 17.2 Å². The third kappa shape index (κ3) is 2.12. The summed E-state index contributed by atoms with van der Waals surface area (Å²) in [5.41, 5.74) is 1.39. The van der Waals surface area contributed by atoms with Gasteiger partial charge in [-0.3, -0.25) is 10.1 Å². The van der Waals surface area contributed by atoms with E-state index in [1.165, 1.54) is 12.1 Å². The second kappa shape index (κ2) is 3.68. The van der Waals surface area contributed by atoms with Gasteiger partial charge in [0.25, 0.3) is 5.69 Å². The van der Waals surface area contributed by atoms with Crippen molar-refractivity contribution in [2.75, 3.05) is 5.32 Å². The highest BCUT2D eigenvalue weighted by Crippen LogP contribution is 2.28. The zero-order chi connectivity index (χ0) is 10.8. The predicted molar refractivity (Wildman–Crippen MR) is 57.6 cm³/mol. The first-order valence-corrected chi connectivity index (χ1v) is 4.76. The summed E-state index contributed by atoms with van der Waals surface area (Å²) in [5.74, 6) is 0. The van der Waals surface area contributed by atoms with Crippen LogP contribution in [0.15, 0.2) is 18.2 Å². The van der Waals surface area contributed by atoms with Crippen molar-refractivity contribution >= 4 is 17.6 Å². The molecule has 0 bridgehead atoms. The van der Waals surface area contributed by atoms with Crippen LogP contribution < -0.4 is 5.32 Å². The van der Waals surface area contributed by atoms with Crippen molar-refractivity contribution < 1.29 is 4.92 Å². The Morgan fingerprint density at radius 1 is 1.53 bits per heavy atom. The normalized spacial score (nSPS) is 14.7. The molecule has 0 aliphatic heterocycles. The number of nitrogens with zero attached hydrogens (tertiary/aromatic N) is 1. The molecule has 2 N–H and O–H groups in total. The Labute approximate surface area is 86.8 Å². The predicted octanol–water partition coefficient (Wildman–Crippen LogP) is 2.17. The summed E-state index contributed by atoms with van der Waals surface area (Å²) in [6.45, 7) is 0. The molecule has 0 amide bonds. The minimum absolute atomic E-state index is 0.0230. The van der Waals surface area contributed by atoms with E-state index in [1.54, 1.807) is 6.07 Å². The Kier molecular flexibility index (Phi) is 2.37. The number of nitro groups is 1. The first-order chi connectivity index (χ1) is 7.20. The van der Waals surface area contributed by atoms with E-state index in [2.05, 4.69) is 5.32 Å². The molecule has 0 saturated heterocycles. The standard InChI is InChI=1S/C10H11N3O2/c11-6-7-5-9(13(14)15)3-4-10(7)12-8-1-2-8/h3-6,8,11-12H,1-2H2. The minimum Gasteiger partial charge on any atom is -0.382 e. The van der Waals surface area contributed by atoms with E-state index < -0.39 is 4.92 Å². The zero-order valence-corrected chi connectivity index (χ0v) is 8.06. The van der Waals surface area contributed by atoms with Crippen molar-refractivity contribution in [3.05, 3.63) is 33.9 Å². The van der Waals surface area contributed by atoms with Crippen LogP contribution in [0.3, 0.4) is 0 Å². The number of nitrogens with one attached hydrogen (secondary N) is 2. The number of benzene rings is 1. The smallest absolute Gasteiger partial charge is 0.270 e. The summed E-state index contributed by atoms with van der Waals surface area (Å²) in [6.07, 6.45) is 3.40. The first kappa shape index (κ1) is 9.64. The van der Waals surface area contributed by atoms with Crippen molar-refractivity contribution in [3.8, 4) is 0 Å². The molecular formula is C10H11N3O2. The fourth-order valence-electron chi connectivity index (χ4n) is 1.36. The Morgan fingerprint density at radius 2 is 2.27 bits per heavy atom. The lowest BCUT2D eigenvalue weighted by atomic mass is 10.1. The highest BCUT2D eigenvalue weighted by molar-refractivity contribution is 5.87. The van der Waals surface area contributed by atoms with E-state index in [0.717, 1.165) is 24.7 Å². The Hall–Kier alpha value is -1.91. The maximum absolute atomic E-state index is 10.5. The number of non-ortho nitro benzene ring substituents is 1. The number of nitro benzene ring substituents is 1. The molecule has 15 heavy (non-hydrogen) atoms. The van der Waals surface area contributed by atoms with E-state index >= 15 is 0 Å². The molecule has 1 aliphatic rings. The highest BCUT2D eigenvalue weighted by Gasteiger charge is 2.22. The van der Waals surface area contributed by atoms with Gasteiger partial charge < -0.3 is 10.7 Å². The number of rotatable bonds is 4. The number of anilines is 1. The molecule has 2 rings (SSSR count). The van der Waals surface area contributed by atoms with Gasteiger partial charge in [-0.2, -0.15) is 0 Å². The maximum atomic E-state index is 10.5. The number of hydrogen-bond acceptors (Lipinski definition) is 4. The van der Waals surface area contributed by atoms with Gasteiger partial charge in [-0.25, -0.2) is 0 Å². The van der Waals surface area contributed by atoms with E-state index in [-0.39, 0.29) is 5.69 Å². The van der Waals surface area contributed by atoms with Gasteiger partial charge in [0.1, 0.15) is 0 Å². The van der Waals surface area contributed by atoms with Gasteiger partial charge >= 0.3 is 0 Å². The molecule has 0 spiro atoms. The summed E-state index contributed by atoms with van der Waals surface area (Å²) >= 11 is 0. The molecule has 1 aliphatic carbocycles. The maximum Gasteiger partial charge on any atom is 0.270 e. The van der Waals surface area contributed by atoms with Gasteiger partial charge in [-0.15, -0.1) is 0 Å². The summed E-state index contributed by atoms with van der Waals surface area (Å²) in [6, 6.07) is 5.01. The quantitative estimate of drug-likeness (QED) is 0.449. The van der Waals surface area contributed by atoms with Gasteiger partial charge in [0.2, 0.25) is 0 Å². The van der Waals surface area contributed by atoms with Crippen molar-refractivity contribution in [1.82, 2.24) is 0 Å². The third-order valence-corrected chi connectivity index (χ3v) is 2.34. The molecule has 0 aromatic heterocycles. The molecule has 1 saturated carbocycles. The fourth-order valence-corrected chi connectivity index (χ4v) is 1.36. The van der Waals surface area contributed by atoms with Gasteiger partial charge in [-0.05, 0) is 18.9 Å². The molecule has 1 fully saturated rings. The van der Waals surface area contributed by atoms with Gasteiger partial charge in [0, 0.05) is 35.6 Å². The SMILES string of the molecule is N=Cc1cc([N+](=O)[O-])ccc1NC1CC1. The lowest BCUT2D eigenvalue weighted by Crippen LogP contribution is -2.04. The molecule has 0 heterocycles. The monoisotopic (exact) mass is 205 g/mol. The molecule has 78 valence electrons. The Balaban J connectivity index is 2.29. The third-order valence-electron chi connectivity index (χ3n) is 2.34. The van der Waals surface area contributed by atoms with Gasteiger partial charge in [0.05, 0.1) is 4.92 Å². The van der Waals surface area contributed by atoms with Crippen LogP contribution in [0.4, 0.5) is 11.4 Å². The van der Waals surface area contributed by atoms with Crippen LogP contribution in [0.25, 0.3) is 0 Å². The molecule has 0 radical (unpaired) electrons. The average molecular weight is 205 g/mol. The largest absolute Gasteiger partial charge is 0.382 e. The average Bonchev–Trinajstić information content (AvgIpc) is 3.02. The van der Waals surface area contributed by atoms with Crippen LogP contribution in [0, 0.1) is 15.5 Å². The lowest BCUT2D eigenvalue weighted by Gasteiger charge is -2.07. The van der Waals surface area contributed by atoms with Crippen molar-refractivity contribution in [1.29, 1.82) is 5.41 Å². The van der Waals surface area contributed by atoms with Crippen molar-refractivity contribution in [2.45, 2.75) is 18.9 Å². The van der Waals surface area contributed by atoms with Crippen molar-refractivity contribution in [2.24, 2.45) is 0 Å². The molecular weight excluding hydrogens is 194 g/mol. The van der Waals surface area contributed by atoms with Gasteiger partial charge in [-0.1, -0.05) is 0 Å². The second-order valence-corrected chi connectivity index (χ2v) is 3.59. The van der Waals surface area contributed by atoms with Crippen LogP contribution in [0.5, 0.6) is 0 Å². The van der Waals surface area contributed by atoms with Crippen LogP contribution in [0.2, 0.25) is 0 Å². The molecule has 0 unspecified atom stereocenters. The Morgan fingerprint density at radius 3 is 2.80 bits per heavy atom. The number of hydrogen-bond donors (Lipinski definition) is 2. The summed E-state index contributed by atoms with van der Waals surface area (Å²) in [5, 5.41) is 21.0. The van der Waals surface area contributed by atoms with Gasteiger partial charge in [0.15, 0.2) is 0 Å². The zero-order valence-electron chi connectivity index (χ0n) is 8.06. The molecule has 1 aromatic rings. The summed E-state index contributed by atoms with van der Waals surface area (Å²) < 4.78 is 0. The van der Waals surface area contributed by atoms with E-state index in [0.29, 0.717) is 11.6 Å². The van der Waals surface area contributed by atoms with E-state index in [4.69, 9.17) is 5.41 Å². The molecule has 1 aromatic carbocycles. The minimum atomic E-state index is -0.450. The Bertz CT molecular complexity index is 413. The second-order valence-electron chi connectivity index (χ2n) is 3.59. The van der Waals surface area contributed by atoms with E-state index in [9.17, 15) is 10.1 Å². The van der Waals surface area contributed by atoms with Crippen molar-refractivity contribution in [3.63, 3.8) is 0 Å². The molecule has 5 heteroatoms. The van der Waals surface area contributed by atoms with Crippen LogP contribution >= 0.6 is 0 Å². The summed E-state index contributed by atoms with van der Waals surface area (Å²) in [7, 11) is 0.